The van der Waals surface area contributed by atoms with Crippen LogP contribution in [0, 0.1) is 0 Å². The minimum atomic E-state index is -0.290. The molecule has 0 bridgehead atoms. The van der Waals surface area contributed by atoms with E-state index >= 15 is 0 Å². The standard InChI is InChI=1S/C24H23N3O2/c1-17(19-8-9-21-15-22(29-2)11-10-20(21)14-19)24(28)26-23-12-13-25-27(23)16-18-6-4-3-5-7-18/h3-15,17H,16H2,1-2H3,(H,26,28)/t17-/m0/s1. The largest absolute Gasteiger partial charge is 0.497 e. The van der Waals surface area contributed by atoms with Crippen LogP contribution in [0.1, 0.15) is 24.0 Å². The van der Waals surface area contributed by atoms with Crippen LogP contribution in [0.5, 0.6) is 5.75 Å². The molecule has 1 N–H and O–H groups in total. The Balaban J connectivity index is 1.50. The van der Waals surface area contributed by atoms with Gasteiger partial charge in [0, 0.05) is 6.07 Å². The van der Waals surface area contributed by atoms with Crippen LogP contribution in [0.4, 0.5) is 5.82 Å². The molecule has 1 aromatic heterocycles. The van der Waals surface area contributed by atoms with Gasteiger partial charge in [0.15, 0.2) is 0 Å². The number of hydrogen-bond acceptors (Lipinski definition) is 3. The fourth-order valence-corrected chi connectivity index (χ4v) is 3.35. The molecule has 0 spiro atoms. The molecule has 0 radical (unpaired) electrons. The highest BCUT2D eigenvalue weighted by Gasteiger charge is 2.17. The van der Waals surface area contributed by atoms with Gasteiger partial charge in [-0.1, -0.05) is 54.6 Å². The zero-order valence-electron chi connectivity index (χ0n) is 16.5. The van der Waals surface area contributed by atoms with Gasteiger partial charge in [-0.2, -0.15) is 5.10 Å². The maximum absolute atomic E-state index is 12.9. The van der Waals surface area contributed by atoms with E-state index in [2.05, 4.69) is 16.5 Å². The number of anilines is 1. The minimum absolute atomic E-state index is 0.0623. The zero-order valence-corrected chi connectivity index (χ0v) is 16.5. The smallest absolute Gasteiger partial charge is 0.232 e. The zero-order chi connectivity index (χ0) is 20.2. The lowest BCUT2D eigenvalue weighted by Gasteiger charge is -2.15. The number of amides is 1. The molecule has 4 rings (SSSR count). The van der Waals surface area contributed by atoms with Crippen molar-refractivity contribution in [3.8, 4) is 5.75 Å². The third kappa shape index (κ3) is 4.14. The summed E-state index contributed by atoms with van der Waals surface area (Å²) in [5.41, 5.74) is 2.10. The second-order valence-corrected chi connectivity index (χ2v) is 7.04. The molecule has 0 aliphatic rings. The van der Waals surface area contributed by atoms with E-state index < -0.39 is 0 Å². The lowest BCUT2D eigenvalue weighted by atomic mass is 9.97. The van der Waals surface area contributed by atoms with Gasteiger partial charge in [0.25, 0.3) is 0 Å². The van der Waals surface area contributed by atoms with Crippen LogP contribution >= 0.6 is 0 Å². The van der Waals surface area contributed by atoms with Gasteiger partial charge >= 0.3 is 0 Å². The average molecular weight is 385 g/mol. The molecule has 0 aliphatic carbocycles. The number of nitrogens with zero attached hydrogens (tertiary/aromatic N) is 2. The Hall–Kier alpha value is -3.60. The highest BCUT2D eigenvalue weighted by atomic mass is 16.5. The Morgan fingerprint density at radius 2 is 1.79 bits per heavy atom. The number of hydrogen-bond donors (Lipinski definition) is 1. The van der Waals surface area contributed by atoms with Crippen molar-refractivity contribution in [3.63, 3.8) is 0 Å². The summed E-state index contributed by atoms with van der Waals surface area (Å²) in [7, 11) is 1.66. The molecular weight excluding hydrogens is 362 g/mol. The van der Waals surface area contributed by atoms with E-state index in [0.29, 0.717) is 12.4 Å². The van der Waals surface area contributed by atoms with Crippen molar-refractivity contribution < 1.29 is 9.53 Å². The predicted octanol–water partition coefficient (Wildman–Crippen LogP) is 4.84. The van der Waals surface area contributed by atoms with Gasteiger partial charge in [0.2, 0.25) is 5.91 Å². The van der Waals surface area contributed by atoms with Crippen LogP contribution in [-0.2, 0) is 11.3 Å². The van der Waals surface area contributed by atoms with E-state index in [9.17, 15) is 4.79 Å². The molecule has 0 saturated heterocycles. The summed E-state index contributed by atoms with van der Waals surface area (Å²) in [5, 5.41) is 9.53. The summed E-state index contributed by atoms with van der Waals surface area (Å²) in [5.74, 6) is 1.16. The molecule has 5 heteroatoms. The molecule has 3 aromatic carbocycles. The summed E-state index contributed by atoms with van der Waals surface area (Å²) in [6.45, 7) is 2.52. The maximum Gasteiger partial charge on any atom is 0.232 e. The van der Waals surface area contributed by atoms with Crippen LogP contribution in [0.2, 0.25) is 0 Å². The van der Waals surface area contributed by atoms with E-state index in [1.807, 2.05) is 73.7 Å². The second-order valence-electron chi connectivity index (χ2n) is 7.04. The number of aromatic nitrogens is 2. The quantitative estimate of drug-likeness (QED) is 0.517. The van der Waals surface area contributed by atoms with E-state index in [1.54, 1.807) is 18.0 Å². The van der Waals surface area contributed by atoms with Gasteiger partial charge in [-0.3, -0.25) is 4.79 Å². The Kier molecular flexibility index (Phi) is 5.29. The monoisotopic (exact) mass is 385 g/mol. The van der Waals surface area contributed by atoms with Gasteiger partial charge in [0.1, 0.15) is 11.6 Å². The predicted molar refractivity (Wildman–Crippen MR) is 115 cm³/mol. The first-order valence-electron chi connectivity index (χ1n) is 9.58. The summed E-state index contributed by atoms with van der Waals surface area (Å²) in [6, 6.07) is 23.9. The number of benzene rings is 3. The minimum Gasteiger partial charge on any atom is -0.497 e. The topological polar surface area (TPSA) is 56.1 Å². The molecule has 29 heavy (non-hydrogen) atoms. The van der Waals surface area contributed by atoms with Crippen molar-refractivity contribution in [2.75, 3.05) is 12.4 Å². The van der Waals surface area contributed by atoms with Crippen LogP contribution in [-0.4, -0.2) is 22.8 Å². The van der Waals surface area contributed by atoms with Crippen LogP contribution in [0.25, 0.3) is 10.8 Å². The number of fused-ring (bicyclic) bond motifs is 1. The maximum atomic E-state index is 12.9. The number of carbonyl (C=O) groups excluding carboxylic acids is 1. The van der Waals surface area contributed by atoms with Gasteiger partial charge in [-0.25, -0.2) is 4.68 Å². The molecule has 146 valence electrons. The van der Waals surface area contributed by atoms with Crippen molar-refractivity contribution in [1.82, 2.24) is 9.78 Å². The molecule has 0 fully saturated rings. The van der Waals surface area contributed by atoms with Crippen molar-refractivity contribution in [2.45, 2.75) is 19.4 Å². The van der Waals surface area contributed by atoms with Crippen molar-refractivity contribution in [2.24, 2.45) is 0 Å². The van der Waals surface area contributed by atoms with Crippen LogP contribution < -0.4 is 10.1 Å². The molecule has 1 heterocycles. The van der Waals surface area contributed by atoms with Crippen molar-refractivity contribution in [3.05, 3.63) is 90.1 Å². The molecule has 1 amide bonds. The SMILES string of the molecule is COc1ccc2cc([C@H](C)C(=O)Nc3ccnn3Cc3ccccc3)ccc2c1. The Labute approximate surface area is 169 Å². The number of nitrogens with one attached hydrogen (secondary N) is 1. The third-order valence-electron chi connectivity index (χ3n) is 5.11. The first-order chi connectivity index (χ1) is 14.1. The Morgan fingerprint density at radius 3 is 2.59 bits per heavy atom. The molecule has 5 nitrogen and oxygen atoms in total. The molecule has 4 aromatic rings. The van der Waals surface area contributed by atoms with Crippen LogP contribution in [0.15, 0.2) is 79.0 Å². The normalized spacial score (nSPS) is 11.9. The first kappa shape index (κ1) is 18.7. The molecule has 0 unspecified atom stereocenters. The van der Waals surface area contributed by atoms with Crippen molar-refractivity contribution >= 4 is 22.5 Å². The lowest BCUT2D eigenvalue weighted by Crippen LogP contribution is -2.21. The number of ether oxygens (including phenoxy) is 1. The van der Waals surface area contributed by atoms with Gasteiger partial charge in [0.05, 0.1) is 25.8 Å². The number of rotatable bonds is 6. The van der Waals surface area contributed by atoms with Crippen molar-refractivity contribution in [1.29, 1.82) is 0 Å². The van der Waals surface area contributed by atoms with E-state index in [-0.39, 0.29) is 11.8 Å². The van der Waals surface area contributed by atoms with Crippen LogP contribution in [0.3, 0.4) is 0 Å². The summed E-state index contributed by atoms with van der Waals surface area (Å²) in [6.07, 6.45) is 1.70. The average Bonchev–Trinajstić information content (AvgIpc) is 3.19. The van der Waals surface area contributed by atoms with E-state index in [1.165, 1.54) is 0 Å². The number of methoxy groups -OCH3 is 1. The molecule has 0 saturated carbocycles. The first-order valence-corrected chi connectivity index (χ1v) is 9.58. The fourth-order valence-electron chi connectivity index (χ4n) is 3.35. The fraction of sp³-hybridized carbons (Fsp3) is 0.167. The summed E-state index contributed by atoms with van der Waals surface area (Å²) in [4.78, 5) is 12.9. The Morgan fingerprint density at radius 1 is 1.03 bits per heavy atom. The van der Waals surface area contributed by atoms with Gasteiger partial charge in [-0.15, -0.1) is 0 Å². The molecule has 0 aliphatic heterocycles. The highest BCUT2D eigenvalue weighted by Crippen LogP contribution is 2.26. The molecule has 1 atom stereocenters. The van der Waals surface area contributed by atoms with Gasteiger partial charge < -0.3 is 10.1 Å². The lowest BCUT2D eigenvalue weighted by molar-refractivity contribution is -0.117. The van der Waals surface area contributed by atoms with Gasteiger partial charge in [-0.05, 0) is 41.0 Å². The summed E-state index contributed by atoms with van der Waals surface area (Å²) >= 11 is 0. The molecular formula is C24H23N3O2. The Bertz CT molecular complexity index is 1140. The highest BCUT2D eigenvalue weighted by molar-refractivity contribution is 5.96. The number of carbonyl (C=O) groups is 1. The second kappa shape index (κ2) is 8.19. The van der Waals surface area contributed by atoms with E-state index in [4.69, 9.17) is 4.74 Å². The van der Waals surface area contributed by atoms with E-state index in [0.717, 1.165) is 27.6 Å². The third-order valence-corrected chi connectivity index (χ3v) is 5.11. The summed E-state index contributed by atoms with van der Waals surface area (Å²) < 4.78 is 7.08.